The van der Waals surface area contributed by atoms with Crippen LogP contribution in [0, 0.1) is 20.8 Å². The van der Waals surface area contributed by atoms with Crippen LogP contribution < -0.4 is 14.2 Å². The molecule has 0 saturated heterocycles. The van der Waals surface area contributed by atoms with Crippen molar-refractivity contribution in [1.29, 1.82) is 0 Å². The lowest BCUT2D eigenvalue weighted by Crippen LogP contribution is -2.14. The minimum absolute atomic E-state index is 0.0513. The van der Waals surface area contributed by atoms with E-state index in [-0.39, 0.29) is 29.2 Å². The molecule has 3 aromatic rings. The van der Waals surface area contributed by atoms with Gasteiger partial charge in [-0.05, 0) is 56.0 Å². The second-order valence-corrected chi connectivity index (χ2v) is 8.51. The van der Waals surface area contributed by atoms with Crippen molar-refractivity contribution in [3.05, 3.63) is 81.9 Å². The molecule has 1 N–H and O–H groups in total. The molecule has 0 aliphatic heterocycles. The van der Waals surface area contributed by atoms with Gasteiger partial charge in [0.25, 0.3) is 0 Å². The molecule has 190 valence electrons. The first-order valence-electron chi connectivity index (χ1n) is 11.8. The van der Waals surface area contributed by atoms with Crippen molar-refractivity contribution in [2.75, 3.05) is 13.7 Å². The Morgan fingerprint density at radius 3 is 2.25 bits per heavy atom. The predicted molar refractivity (Wildman–Crippen MR) is 136 cm³/mol. The maximum Gasteiger partial charge on any atom is 0.347 e. The molecule has 0 amide bonds. The monoisotopic (exact) mass is 492 g/mol. The predicted octanol–water partition coefficient (Wildman–Crippen LogP) is 6.08. The highest BCUT2D eigenvalue weighted by atomic mass is 16.5. The fourth-order valence-corrected chi connectivity index (χ4v) is 3.85. The number of methoxy groups -OCH3 is 1. The zero-order valence-corrected chi connectivity index (χ0v) is 21.3. The highest BCUT2D eigenvalue weighted by Crippen LogP contribution is 2.36. The molecule has 7 heteroatoms. The molecule has 0 spiro atoms. The number of hydrogen-bond acceptors (Lipinski definition) is 7. The van der Waals surface area contributed by atoms with Gasteiger partial charge < -0.3 is 24.1 Å². The summed E-state index contributed by atoms with van der Waals surface area (Å²) >= 11 is 0. The molecule has 3 rings (SSSR count). The minimum atomic E-state index is -0.654. The first-order chi connectivity index (χ1) is 17.3. The third-order valence-electron chi connectivity index (χ3n) is 5.76. The fourth-order valence-electron chi connectivity index (χ4n) is 3.85. The standard InChI is InChI=1S/C29H32O7/c1-6-7-13-34-28(31)25-18(2)14-22(16-23(25)30)36-29(32)26-19(3)15-24(20(4)27(26)33-5)35-17-21-11-9-8-10-12-21/h8-12,14-16,30H,6-7,13,17H2,1-5H3. The van der Waals surface area contributed by atoms with Crippen LogP contribution >= 0.6 is 0 Å². The van der Waals surface area contributed by atoms with Gasteiger partial charge in [0.2, 0.25) is 0 Å². The number of hydrogen-bond donors (Lipinski definition) is 1. The van der Waals surface area contributed by atoms with Crippen molar-refractivity contribution in [2.45, 2.75) is 47.1 Å². The zero-order chi connectivity index (χ0) is 26.2. The molecule has 0 radical (unpaired) electrons. The normalized spacial score (nSPS) is 10.6. The van der Waals surface area contributed by atoms with Crippen LogP contribution in [0.1, 0.15) is 62.7 Å². The van der Waals surface area contributed by atoms with Gasteiger partial charge in [0.1, 0.15) is 40.7 Å². The third-order valence-corrected chi connectivity index (χ3v) is 5.76. The van der Waals surface area contributed by atoms with Gasteiger partial charge in [0.05, 0.1) is 13.7 Å². The van der Waals surface area contributed by atoms with E-state index in [0.717, 1.165) is 18.4 Å². The number of rotatable bonds is 10. The third kappa shape index (κ3) is 6.16. The number of carbonyl (C=O) groups excluding carboxylic acids is 2. The number of carbonyl (C=O) groups is 2. The molecule has 0 atom stereocenters. The Bertz CT molecular complexity index is 1210. The van der Waals surface area contributed by atoms with Crippen molar-refractivity contribution in [3.63, 3.8) is 0 Å². The van der Waals surface area contributed by atoms with Gasteiger partial charge in [-0.25, -0.2) is 9.59 Å². The van der Waals surface area contributed by atoms with E-state index in [2.05, 4.69) is 0 Å². The quantitative estimate of drug-likeness (QED) is 0.208. The molecule has 3 aromatic carbocycles. The van der Waals surface area contributed by atoms with Crippen LogP contribution in [-0.2, 0) is 11.3 Å². The molecule has 0 aliphatic carbocycles. The summed E-state index contributed by atoms with van der Waals surface area (Å²) in [4.78, 5) is 25.5. The Morgan fingerprint density at radius 1 is 0.917 bits per heavy atom. The lowest BCUT2D eigenvalue weighted by atomic mass is 10.0. The summed E-state index contributed by atoms with van der Waals surface area (Å²) in [6.45, 7) is 7.86. The number of phenolic OH excluding ortho intramolecular Hbond substituents is 1. The van der Waals surface area contributed by atoms with E-state index >= 15 is 0 Å². The van der Waals surface area contributed by atoms with Crippen molar-refractivity contribution in [1.82, 2.24) is 0 Å². The van der Waals surface area contributed by atoms with Crippen molar-refractivity contribution >= 4 is 11.9 Å². The smallest absolute Gasteiger partial charge is 0.347 e. The number of benzene rings is 3. The van der Waals surface area contributed by atoms with Crippen LogP contribution in [0.5, 0.6) is 23.0 Å². The average Bonchev–Trinajstić information content (AvgIpc) is 2.84. The summed E-state index contributed by atoms with van der Waals surface area (Å²) in [6.07, 6.45) is 1.62. The highest BCUT2D eigenvalue weighted by molar-refractivity contribution is 5.97. The maximum absolute atomic E-state index is 13.2. The molecule has 0 fully saturated rings. The second-order valence-electron chi connectivity index (χ2n) is 8.51. The number of esters is 2. The Morgan fingerprint density at radius 2 is 1.61 bits per heavy atom. The lowest BCUT2D eigenvalue weighted by Gasteiger charge is -2.18. The summed E-state index contributed by atoms with van der Waals surface area (Å²) in [6, 6.07) is 14.3. The molecular formula is C29H32O7. The molecule has 7 nitrogen and oxygen atoms in total. The lowest BCUT2D eigenvalue weighted by molar-refractivity contribution is 0.0495. The van der Waals surface area contributed by atoms with Crippen molar-refractivity contribution in [2.24, 2.45) is 0 Å². The molecule has 36 heavy (non-hydrogen) atoms. The summed E-state index contributed by atoms with van der Waals surface area (Å²) in [7, 11) is 1.48. The van der Waals surface area contributed by atoms with Crippen LogP contribution in [0.25, 0.3) is 0 Å². The van der Waals surface area contributed by atoms with Gasteiger partial charge in [-0.2, -0.15) is 0 Å². The Hall–Kier alpha value is -4.00. The van der Waals surface area contributed by atoms with Crippen LogP contribution in [-0.4, -0.2) is 30.8 Å². The number of unbranched alkanes of at least 4 members (excludes halogenated alkanes) is 1. The second kappa shape index (κ2) is 12.1. The van der Waals surface area contributed by atoms with E-state index < -0.39 is 11.9 Å². The van der Waals surface area contributed by atoms with Gasteiger partial charge in [-0.15, -0.1) is 0 Å². The van der Waals surface area contributed by atoms with E-state index in [1.807, 2.05) is 44.2 Å². The summed E-state index contributed by atoms with van der Waals surface area (Å²) in [5, 5.41) is 10.4. The molecule has 0 heterocycles. The topological polar surface area (TPSA) is 91.3 Å². The van der Waals surface area contributed by atoms with Gasteiger partial charge in [0, 0.05) is 11.6 Å². The highest BCUT2D eigenvalue weighted by Gasteiger charge is 2.24. The van der Waals surface area contributed by atoms with E-state index in [1.54, 1.807) is 19.9 Å². The van der Waals surface area contributed by atoms with E-state index in [0.29, 0.717) is 34.8 Å². The number of phenols is 1. The van der Waals surface area contributed by atoms with Crippen LogP contribution in [0.2, 0.25) is 0 Å². The molecule has 0 bridgehead atoms. The van der Waals surface area contributed by atoms with Gasteiger partial charge in [-0.3, -0.25) is 0 Å². The first-order valence-corrected chi connectivity index (χ1v) is 11.8. The van der Waals surface area contributed by atoms with E-state index in [1.165, 1.54) is 19.2 Å². The number of aromatic hydroxyl groups is 1. The molecule has 0 aromatic heterocycles. The van der Waals surface area contributed by atoms with Crippen molar-refractivity contribution in [3.8, 4) is 23.0 Å². The molecule has 0 aliphatic rings. The average molecular weight is 493 g/mol. The number of aryl methyl sites for hydroxylation is 2. The molecule has 0 unspecified atom stereocenters. The number of ether oxygens (including phenoxy) is 4. The Labute approximate surface area is 211 Å². The Balaban J connectivity index is 1.82. The summed E-state index contributed by atoms with van der Waals surface area (Å²) in [5.74, 6) is -0.536. The van der Waals surface area contributed by atoms with E-state index in [9.17, 15) is 14.7 Å². The van der Waals surface area contributed by atoms with Crippen LogP contribution in [0.15, 0.2) is 48.5 Å². The largest absolute Gasteiger partial charge is 0.507 e. The molecular weight excluding hydrogens is 460 g/mol. The van der Waals surface area contributed by atoms with E-state index in [4.69, 9.17) is 18.9 Å². The first kappa shape index (κ1) is 26.6. The summed E-state index contributed by atoms with van der Waals surface area (Å²) < 4.78 is 22.3. The maximum atomic E-state index is 13.2. The van der Waals surface area contributed by atoms with Crippen LogP contribution in [0.3, 0.4) is 0 Å². The van der Waals surface area contributed by atoms with Crippen molar-refractivity contribution < 1.29 is 33.6 Å². The minimum Gasteiger partial charge on any atom is -0.507 e. The Kier molecular flexibility index (Phi) is 8.95. The van der Waals surface area contributed by atoms with Gasteiger partial charge in [0.15, 0.2) is 0 Å². The van der Waals surface area contributed by atoms with Gasteiger partial charge in [-0.1, -0.05) is 43.7 Å². The summed E-state index contributed by atoms with van der Waals surface area (Å²) in [5.41, 5.74) is 3.03. The SMILES string of the molecule is CCCCOC(=O)c1c(C)cc(OC(=O)c2c(C)cc(OCc3ccccc3)c(C)c2OC)cc1O. The zero-order valence-electron chi connectivity index (χ0n) is 21.3. The molecule has 0 saturated carbocycles. The fraction of sp³-hybridized carbons (Fsp3) is 0.310. The van der Waals surface area contributed by atoms with Crippen LogP contribution in [0.4, 0.5) is 0 Å². The van der Waals surface area contributed by atoms with Gasteiger partial charge >= 0.3 is 11.9 Å².